The van der Waals surface area contributed by atoms with Crippen LogP contribution in [0.4, 0.5) is 18.9 Å². The van der Waals surface area contributed by atoms with E-state index in [1.807, 2.05) is 0 Å². The van der Waals surface area contributed by atoms with Gasteiger partial charge in [-0.15, -0.1) is 0 Å². The summed E-state index contributed by atoms with van der Waals surface area (Å²) in [6, 6.07) is 9.33. The lowest BCUT2D eigenvalue weighted by molar-refractivity contribution is -0.385. The van der Waals surface area contributed by atoms with Crippen LogP contribution in [0.2, 0.25) is 0 Å². The lowest BCUT2D eigenvalue weighted by atomic mass is 10.1. The first-order valence-electron chi connectivity index (χ1n) is 7.70. The van der Waals surface area contributed by atoms with Crippen molar-refractivity contribution in [3.05, 3.63) is 64.2 Å². The Morgan fingerprint density at radius 3 is 2.43 bits per heavy atom. The van der Waals surface area contributed by atoms with Crippen LogP contribution in [0.1, 0.15) is 5.56 Å². The maximum atomic E-state index is 12.4. The van der Waals surface area contributed by atoms with Crippen LogP contribution in [0, 0.1) is 10.1 Å². The molecule has 0 aromatic heterocycles. The van der Waals surface area contributed by atoms with Crippen LogP contribution in [-0.2, 0) is 9.53 Å². The van der Waals surface area contributed by atoms with Gasteiger partial charge >= 0.3 is 17.8 Å². The zero-order valence-corrected chi connectivity index (χ0v) is 14.4. The molecule has 10 heteroatoms. The summed E-state index contributed by atoms with van der Waals surface area (Å²) in [7, 11) is 1.18. The van der Waals surface area contributed by atoms with Crippen LogP contribution in [0.25, 0.3) is 6.08 Å². The van der Waals surface area contributed by atoms with Crippen molar-refractivity contribution in [1.29, 1.82) is 0 Å². The number of halogens is 3. The van der Waals surface area contributed by atoms with Crippen LogP contribution < -0.4 is 9.47 Å². The maximum Gasteiger partial charge on any atom is 0.422 e. The molecule has 0 atom stereocenters. The number of alkyl halides is 3. The fraction of sp³-hybridized carbons (Fsp3) is 0.167. The second kappa shape index (κ2) is 8.89. The average molecular weight is 397 g/mol. The molecule has 0 aliphatic carbocycles. The number of nitro benzene ring substituents is 1. The fourth-order valence-corrected chi connectivity index (χ4v) is 2.03. The van der Waals surface area contributed by atoms with E-state index in [-0.39, 0.29) is 17.2 Å². The molecule has 7 nitrogen and oxygen atoms in total. The van der Waals surface area contributed by atoms with Gasteiger partial charge in [0.05, 0.1) is 12.0 Å². The summed E-state index contributed by atoms with van der Waals surface area (Å²) in [6.07, 6.45) is -2.16. The lowest BCUT2D eigenvalue weighted by Gasteiger charge is -2.13. The molecule has 0 unspecified atom stereocenters. The highest BCUT2D eigenvalue weighted by Crippen LogP contribution is 2.37. The molecule has 2 aromatic carbocycles. The number of carbonyl (C=O) groups is 1. The number of esters is 1. The number of nitrogens with zero attached hydrogens (tertiary/aromatic N) is 1. The van der Waals surface area contributed by atoms with Gasteiger partial charge in [0.25, 0.3) is 0 Å². The number of ether oxygens (including phenoxy) is 3. The lowest BCUT2D eigenvalue weighted by Crippen LogP contribution is -2.19. The standard InChI is InChI=1S/C18H14F3NO6/c1-26-17(23)9-7-12-6-8-14(13(10-12)22(24)25)28-16-5-3-2-4-15(16)27-11-18(19,20)21/h2-10H,11H2,1H3/b9-7+. The van der Waals surface area contributed by atoms with Gasteiger partial charge in [-0.2, -0.15) is 13.2 Å². The van der Waals surface area contributed by atoms with Gasteiger partial charge in [0.1, 0.15) is 0 Å². The number of methoxy groups -OCH3 is 1. The molecule has 0 radical (unpaired) electrons. The average Bonchev–Trinajstić information content (AvgIpc) is 2.65. The molecule has 0 spiro atoms. The molecule has 2 rings (SSSR count). The topological polar surface area (TPSA) is 87.9 Å². The molecule has 0 aliphatic heterocycles. The molecule has 0 aliphatic rings. The van der Waals surface area contributed by atoms with Crippen molar-refractivity contribution in [1.82, 2.24) is 0 Å². The third kappa shape index (κ3) is 6.01. The largest absolute Gasteiger partial charge is 0.480 e. The Kier molecular flexibility index (Phi) is 6.59. The first-order chi connectivity index (χ1) is 13.2. The van der Waals surface area contributed by atoms with Crippen molar-refractivity contribution >= 4 is 17.7 Å². The maximum absolute atomic E-state index is 12.4. The van der Waals surface area contributed by atoms with E-state index < -0.39 is 29.4 Å². The van der Waals surface area contributed by atoms with Crippen molar-refractivity contribution in [3.63, 3.8) is 0 Å². The number of carbonyl (C=O) groups excluding carboxylic acids is 1. The van der Waals surface area contributed by atoms with Gasteiger partial charge in [0.15, 0.2) is 18.1 Å². The molecular formula is C18H14F3NO6. The third-order valence-electron chi connectivity index (χ3n) is 3.25. The summed E-state index contributed by atoms with van der Waals surface area (Å²) in [5, 5.41) is 11.3. The number of nitro groups is 1. The van der Waals surface area contributed by atoms with Crippen molar-refractivity contribution in [2.45, 2.75) is 6.18 Å². The predicted octanol–water partition coefficient (Wildman–Crippen LogP) is 4.51. The molecule has 0 N–H and O–H groups in total. The Morgan fingerprint density at radius 1 is 1.14 bits per heavy atom. The van der Waals surface area contributed by atoms with E-state index in [1.54, 1.807) is 0 Å². The smallest absolute Gasteiger partial charge is 0.422 e. The van der Waals surface area contributed by atoms with Gasteiger partial charge < -0.3 is 14.2 Å². The van der Waals surface area contributed by atoms with Gasteiger partial charge in [0, 0.05) is 12.1 Å². The van der Waals surface area contributed by atoms with Crippen LogP contribution in [0.3, 0.4) is 0 Å². The van der Waals surface area contributed by atoms with E-state index in [2.05, 4.69) is 4.74 Å². The number of hydrogen-bond acceptors (Lipinski definition) is 6. The summed E-state index contributed by atoms with van der Waals surface area (Å²) < 4.78 is 51.7. The van der Waals surface area contributed by atoms with Gasteiger partial charge in [-0.05, 0) is 29.8 Å². The molecule has 0 heterocycles. The Morgan fingerprint density at radius 2 is 1.82 bits per heavy atom. The predicted molar refractivity (Wildman–Crippen MR) is 92.2 cm³/mol. The monoisotopic (exact) mass is 397 g/mol. The Hall–Kier alpha value is -3.56. The van der Waals surface area contributed by atoms with E-state index in [9.17, 15) is 28.1 Å². The van der Waals surface area contributed by atoms with E-state index >= 15 is 0 Å². The van der Waals surface area contributed by atoms with Crippen LogP contribution in [0.15, 0.2) is 48.5 Å². The fourth-order valence-electron chi connectivity index (χ4n) is 2.03. The molecular weight excluding hydrogens is 383 g/mol. The summed E-state index contributed by atoms with van der Waals surface area (Å²) in [5.74, 6) is -1.18. The third-order valence-corrected chi connectivity index (χ3v) is 3.25. The molecule has 148 valence electrons. The molecule has 28 heavy (non-hydrogen) atoms. The van der Waals surface area contributed by atoms with E-state index in [0.29, 0.717) is 5.56 Å². The van der Waals surface area contributed by atoms with Crippen LogP contribution >= 0.6 is 0 Å². The zero-order valence-electron chi connectivity index (χ0n) is 14.4. The number of rotatable bonds is 7. The second-order valence-electron chi connectivity index (χ2n) is 5.29. The Balaban J connectivity index is 2.30. The SMILES string of the molecule is COC(=O)/C=C/c1ccc(Oc2ccccc2OCC(F)(F)F)c([N+](=O)[O-])c1. The van der Waals surface area contributed by atoms with Crippen molar-refractivity contribution in [3.8, 4) is 17.2 Å². The highest BCUT2D eigenvalue weighted by Gasteiger charge is 2.29. The Bertz CT molecular complexity index is 895. The minimum absolute atomic E-state index is 0.118. The van der Waals surface area contributed by atoms with Crippen LogP contribution in [-0.4, -0.2) is 30.8 Å². The second-order valence-corrected chi connectivity index (χ2v) is 5.29. The van der Waals surface area contributed by atoms with E-state index in [1.165, 1.54) is 49.6 Å². The first kappa shape index (κ1) is 20.7. The van der Waals surface area contributed by atoms with Gasteiger partial charge in [0.2, 0.25) is 5.75 Å². The molecule has 0 saturated carbocycles. The number of benzene rings is 2. The van der Waals surface area contributed by atoms with E-state index in [0.717, 1.165) is 12.1 Å². The minimum Gasteiger partial charge on any atom is -0.480 e. The van der Waals surface area contributed by atoms with Crippen molar-refractivity contribution in [2.24, 2.45) is 0 Å². The van der Waals surface area contributed by atoms with Crippen LogP contribution in [0.5, 0.6) is 17.2 Å². The van der Waals surface area contributed by atoms with Gasteiger partial charge in [-0.1, -0.05) is 18.2 Å². The molecule has 0 amide bonds. The molecule has 2 aromatic rings. The van der Waals surface area contributed by atoms with Gasteiger partial charge in [-0.3, -0.25) is 10.1 Å². The Labute approximate surface area is 157 Å². The minimum atomic E-state index is -4.55. The number of hydrogen-bond donors (Lipinski definition) is 0. The van der Waals surface area contributed by atoms with E-state index in [4.69, 9.17) is 9.47 Å². The van der Waals surface area contributed by atoms with Crippen molar-refractivity contribution < 1.29 is 37.1 Å². The summed E-state index contributed by atoms with van der Waals surface area (Å²) in [4.78, 5) is 21.7. The zero-order chi connectivity index (χ0) is 20.7. The molecule has 0 saturated heterocycles. The molecule has 0 fully saturated rings. The first-order valence-corrected chi connectivity index (χ1v) is 7.70. The highest BCUT2D eigenvalue weighted by molar-refractivity contribution is 5.87. The highest BCUT2D eigenvalue weighted by atomic mass is 19.4. The quantitative estimate of drug-likeness (QED) is 0.296. The summed E-state index contributed by atoms with van der Waals surface area (Å²) in [5.41, 5.74) is -0.122. The van der Waals surface area contributed by atoms with Crippen molar-refractivity contribution in [2.75, 3.05) is 13.7 Å². The number of para-hydroxylation sites is 2. The van der Waals surface area contributed by atoms with Gasteiger partial charge in [-0.25, -0.2) is 4.79 Å². The normalized spacial score (nSPS) is 11.3. The molecule has 0 bridgehead atoms. The summed E-state index contributed by atoms with van der Waals surface area (Å²) >= 11 is 0. The summed E-state index contributed by atoms with van der Waals surface area (Å²) in [6.45, 7) is -1.53.